The topological polar surface area (TPSA) is 66.2 Å². The molecule has 6 nitrogen and oxygen atoms in total. The number of carbonyl (C=O) groups is 1. The van der Waals surface area contributed by atoms with Crippen LogP contribution in [0.5, 0.6) is 5.75 Å². The summed E-state index contributed by atoms with van der Waals surface area (Å²) in [6, 6.07) is 7.81. The van der Waals surface area contributed by atoms with Crippen molar-refractivity contribution in [1.29, 1.82) is 0 Å². The molecular formula is C19H19N3O3S. The van der Waals surface area contributed by atoms with E-state index in [4.69, 9.17) is 9.47 Å². The van der Waals surface area contributed by atoms with Gasteiger partial charge < -0.3 is 9.47 Å². The molecule has 0 unspecified atom stereocenters. The second-order valence-corrected chi connectivity index (χ2v) is 7.44. The number of hydrogen-bond acceptors (Lipinski definition) is 6. The smallest absolute Gasteiger partial charge is 0.337 e. The molecule has 3 heterocycles. The van der Waals surface area contributed by atoms with Crippen molar-refractivity contribution in [2.45, 2.75) is 26.3 Å². The molecule has 1 aliphatic heterocycles. The Balaban J connectivity index is 1.85. The van der Waals surface area contributed by atoms with Crippen molar-refractivity contribution in [2.75, 3.05) is 13.7 Å². The molecule has 3 aromatic rings. The third-order valence-electron chi connectivity index (χ3n) is 4.37. The van der Waals surface area contributed by atoms with Gasteiger partial charge in [-0.3, -0.25) is 0 Å². The van der Waals surface area contributed by atoms with Crippen molar-refractivity contribution < 1.29 is 14.3 Å². The lowest BCUT2D eigenvalue weighted by molar-refractivity contribution is 0.0600. The molecule has 0 saturated carbocycles. The zero-order chi connectivity index (χ0) is 18.3. The van der Waals surface area contributed by atoms with Crippen LogP contribution in [0.15, 0.2) is 30.6 Å². The molecule has 4 rings (SSSR count). The summed E-state index contributed by atoms with van der Waals surface area (Å²) < 4.78 is 12.7. The Labute approximate surface area is 155 Å². The number of methoxy groups -OCH3 is 1. The average molecular weight is 369 g/mol. The number of benzene rings is 1. The molecule has 134 valence electrons. The van der Waals surface area contributed by atoms with E-state index < -0.39 is 0 Å². The number of thiophene rings is 1. The van der Waals surface area contributed by atoms with Gasteiger partial charge in [0.05, 0.1) is 24.2 Å². The molecule has 26 heavy (non-hydrogen) atoms. The van der Waals surface area contributed by atoms with E-state index in [1.807, 2.05) is 16.8 Å². The number of ether oxygens (including phenoxy) is 2. The van der Waals surface area contributed by atoms with E-state index in [0.717, 1.165) is 33.3 Å². The first-order valence-electron chi connectivity index (χ1n) is 8.46. The van der Waals surface area contributed by atoms with Crippen LogP contribution in [0.2, 0.25) is 0 Å². The van der Waals surface area contributed by atoms with Crippen molar-refractivity contribution in [2.24, 2.45) is 0 Å². The largest absolute Gasteiger partial charge is 0.493 e. The summed E-state index contributed by atoms with van der Waals surface area (Å²) in [5.41, 5.74) is 2.64. The van der Waals surface area contributed by atoms with Crippen molar-refractivity contribution >= 4 is 17.3 Å². The van der Waals surface area contributed by atoms with Crippen LogP contribution in [-0.4, -0.2) is 34.5 Å². The van der Waals surface area contributed by atoms with Gasteiger partial charge in [-0.1, -0.05) is 0 Å². The molecule has 0 radical (unpaired) electrons. The highest BCUT2D eigenvalue weighted by Crippen LogP contribution is 2.44. The summed E-state index contributed by atoms with van der Waals surface area (Å²) >= 11 is 1.65. The summed E-state index contributed by atoms with van der Waals surface area (Å²) in [6.07, 6.45) is 2.40. The van der Waals surface area contributed by atoms with Gasteiger partial charge in [0, 0.05) is 22.9 Å². The maximum absolute atomic E-state index is 11.9. The molecule has 0 bridgehead atoms. The molecule has 0 N–H and O–H groups in total. The van der Waals surface area contributed by atoms with Crippen molar-refractivity contribution in [1.82, 2.24) is 14.8 Å². The molecule has 0 spiro atoms. The summed E-state index contributed by atoms with van der Waals surface area (Å²) in [6.45, 7) is 4.77. The molecular weight excluding hydrogens is 350 g/mol. The normalized spacial score (nSPS) is 12.9. The fourth-order valence-electron chi connectivity index (χ4n) is 3.11. The highest BCUT2D eigenvalue weighted by Gasteiger charge is 2.23. The molecule has 0 saturated heterocycles. The van der Waals surface area contributed by atoms with E-state index in [2.05, 4.69) is 30.0 Å². The predicted octanol–water partition coefficient (Wildman–Crippen LogP) is 3.98. The number of esters is 1. The van der Waals surface area contributed by atoms with E-state index in [-0.39, 0.29) is 12.0 Å². The molecule has 0 fully saturated rings. The van der Waals surface area contributed by atoms with Gasteiger partial charge in [-0.05, 0) is 43.7 Å². The quantitative estimate of drug-likeness (QED) is 0.654. The summed E-state index contributed by atoms with van der Waals surface area (Å²) in [4.78, 5) is 18.5. The van der Waals surface area contributed by atoms with Crippen LogP contribution in [0.25, 0.3) is 21.1 Å². The van der Waals surface area contributed by atoms with Gasteiger partial charge in [0.25, 0.3) is 0 Å². The average Bonchev–Trinajstić information content (AvgIpc) is 3.25. The fourth-order valence-corrected chi connectivity index (χ4v) is 4.33. The maximum Gasteiger partial charge on any atom is 0.337 e. The van der Waals surface area contributed by atoms with E-state index in [1.54, 1.807) is 23.7 Å². The highest BCUT2D eigenvalue weighted by atomic mass is 32.1. The summed E-state index contributed by atoms with van der Waals surface area (Å²) in [5, 5.41) is 4.34. The lowest BCUT2D eigenvalue weighted by Crippen LogP contribution is -2.04. The summed E-state index contributed by atoms with van der Waals surface area (Å²) in [7, 11) is 1.39. The van der Waals surface area contributed by atoms with Crippen molar-refractivity contribution in [3.63, 3.8) is 0 Å². The van der Waals surface area contributed by atoms with Gasteiger partial charge in [-0.2, -0.15) is 5.10 Å². The van der Waals surface area contributed by atoms with E-state index in [0.29, 0.717) is 12.2 Å². The number of aromatic nitrogens is 3. The van der Waals surface area contributed by atoms with Gasteiger partial charge in [0.2, 0.25) is 0 Å². The van der Waals surface area contributed by atoms with Crippen molar-refractivity contribution in [3.05, 3.63) is 41.7 Å². The van der Waals surface area contributed by atoms with Gasteiger partial charge in [-0.25, -0.2) is 14.5 Å². The number of carbonyl (C=O) groups excluding carboxylic acids is 1. The van der Waals surface area contributed by atoms with Crippen LogP contribution >= 0.6 is 11.3 Å². The van der Waals surface area contributed by atoms with Crippen LogP contribution in [0.3, 0.4) is 0 Å². The fraction of sp³-hybridized carbons (Fsp3) is 0.316. The lowest BCUT2D eigenvalue weighted by atomic mass is 10.0. The summed E-state index contributed by atoms with van der Waals surface area (Å²) in [5.74, 6) is 1.30. The lowest BCUT2D eigenvalue weighted by Gasteiger charge is -2.09. The van der Waals surface area contributed by atoms with Gasteiger partial charge in [0.15, 0.2) is 5.82 Å². The third-order valence-corrected chi connectivity index (χ3v) is 5.57. The predicted molar refractivity (Wildman–Crippen MR) is 99.7 cm³/mol. The molecule has 0 aliphatic carbocycles. The second kappa shape index (κ2) is 6.57. The van der Waals surface area contributed by atoms with Gasteiger partial charge >= 0.3 is 5.97 Å². The number of fused-ring (bicyclic) bond motifs is 3. The van der Waals surface area contributed by atoms with E-state index >= 15 is 0 Å². The number of hydrogen-bond donors (Lipinski definition) is 0. The Morgan fingerprint density at radius 1 is 1.35 bits per heavy atom. The Bertz CT molecular complexity index is 974. The minimum atomic E-state index is -0.352. The van der Waals surface area contributed by atoms with Crippen LogP contribution in [-0.2, 0) is 11.2 Å². The first-order chi connectivity index (χ1) is 12.6. The minimum absolute atomic E-state index is 0.232. The van der Waals surface area contributed by atoms with Crippen LogP contribution in [0.1, 0.15) is 35.8 Å². The Morgan fingerprint density at radius 3 is 2.96 bits per heavy atom. The number of nitrogens with zero attached hydrogens (tertiary/aromatic N) is 3. The molecule has 1 aromatic carbocycles. The highest BCUT2D eigenvalue weighted by molar-refractivity contribution is 7.19. The zero-order valence-corrected chi connectivity index (χ0v) is 15.7. The molecule has 0 atom stereocenters. The van der Waals surface area contributed by atoms with E-state index in [9.17, 15) is 4.79 Å². The maximum atomic E-state index is 11.9. The van der Waals surface area contributed by atoms with Crippen molar-refractivity contribution in [3.8, 4) is 26.9 Å². The number of rotatable bonds is 3. The second-order valence-electron chi connectivity index (χ2n) is 6.39. The van der Waals surface area contributed by atoms with Crippen LogP contribution in [0, 0.1) is 0 Å². The first-order valence-corrected chi connectivity index (χ1v) is 9.28. The Morgan fingerprint density at radius 2 is 2.19 bits per heavy atom. The minimum Gasteiger partial charge on any atom is -0.493 e. The van der Waals surface area contributed by atoms with Crippen LogP contribution < -0.4 is 4.74 Å². The molecule has 7 heteroatoms. The zero-order valence-electron chi connectivity index (χ0n) is 14.9. The Hall–Kier alpha value is -2.67. The standard InChI is InChI=1S/C19H19N3O3S/c1-11(2)22-18(20-10-21-22)16-9-12-6-7-25-15-5-4-13(19(23)24-3)8-14(15)17(12)26-16/h4-5,8-11H,6-7H2,1-3H3. The van der Waals surface area contributed by atoms with E-state index in [1.165, 1.54) is 12.7 Å². The Kier molecular flexibility index (Phi) is 4.24. The molecule has 1 aliphatic rings. The molecule has 2 aromatic heterocycles. The van der Waals surface area contributed by atoms with Crippen LogP contribution in [0.4, 0.5) is 0 Å². The first kappa shape index (κ1) is 16.8. The SMILES string of the molecule is COC(=O)c1ccc2c(c1)-c1sc(-c3ncnn3C(C)C)cc1CCO2. The monoisotopic (exact) mass is 369 g/mol. The van der Waals surface area contributed by atoms with Gasteiger partial charge in [0.1, 0.15) is 12.1 Å². The molecule has 0 amide bonds. The van der Waals surface area contributed by atoms with Gasteiger partial charge in [-0.15, -0.1) is 11.3 Å². The third kappa shape index (κ3) is 2.78.